The minimum Gasteiger partial charge on any atom is -0.508 e. The van der Waals surface area contributed by atoms with Gasteiger partial charge in [-0.2, -0.15) is 5.26 Å². The van der Waals surface area contributed by atoms with Crippen LogP contribution >= 0.6 is 0 Å². The van der Waals surface area contributed by atoms with Crippen molar-refractivity contribution in [1.82, 2.24) is 15.5 Å². The number of benzene rings is 2. The summed E-state index contributed by atoms with van der Waals surface area (Å²) < 4.78 is 5.36. The highest BCUT2D eigenvalue weighted by Gasteiger charge is 2.36. The SMILES string of the molecule is CCCCCNC(=O)C(c1ccc(O)cc1)N(CC#N)C(=O)C(Cc1ccc(O)cc1)NC(=O)OC(C)(C)C. The van der Waals surface area contributed by atoms with E-state index in [0.29, 0.717) is 17.7 Å². The molecule has 2 aromatic rings. The number of carbonyl (C=O) groups excluding carboxylic acids is 3. The molecule has 0 spiro atoms. The first kappa shape index (κ1) is 31.0. The zero-order valence-corrected chi connectivity index (χ0v) is 22.9. The number of ether oxygens (including phenoxy) is 1. The largest absolute Gasteiger partial charge is 0.508 e. The summed E-state index contributed by atoms with van der Waals surface area (Å²) in [4.78, 5) is 41.2. The molecule has 0 aromatic heterocycles. The molecule has 210 valence electrons. The van der Waals surface area contributed by atoms with E-state index in [1.807, 2.05) is 13.0 Å². The molecule has 0 heterocycles. The zero-order valence-electron chi connectivity index (χ0n) is 22.9. The van der Waals surface area contributed by atoms with Crippen molar-refractivity contribution in [2.75, 3.05) is 13.1 Å². The maximum absolute atomic E-state index is 14.0. The Morgan fingerprint density at radius 3 is 2.13 bits per heavy atom. The van der Waals surface area contributed by atoms with E-state index in [1.54, 1.807) is 32.9 Å². The van der Waals surface area contributed by atoms with E-state index in [0.717, 1.165) is 24.2 Å². The minimum atomic E-state index is -1.19. The second kappa shape index (κ2) is 14.6. The van der Waals surface area contributed by atoms with Crippen molar-refractivity contribution in [3.63, 3.8) is 0 Å². The Morgan fingerprint density at radius 1 is 1.00 bits per heavy atom. The number of nitrogens with one attached hydrogen (secondary N) is 2. The number of rotatable bonds is 12. The fourth-order valence-electron chi connectivity index (χ4n) is 3.90. The fourth-order valence-corrected chi connectivity index (χ4v) is 3.90. The molecule has 0 saturated heterocycles. The molecule has 0 saturated carbocycles. The highest BCUT2D eigenvalue weighted by Crippen LogP contribution is 2.25. The normalized spacial score (nSPS) is 12.5. The quantitative estimate of drug-likeness (QED) is 0.236. The molecule has 2 unspecified atom stereocenters. The number of phenolic OH excluding ortho intramolecular Hbond substituents is 2. The van der Waals surface area contributed by atoms with Gasteiger partial charge in [-0.05, 0) is 62.6 Å². The molecule has 0 aliphatic rings. The number of carbonyl (C=O) groups is 3. The van der Waals surface area contributed by atoms with Crippen LogP contribution in [0.5, 0.6) is 11.5 Å². The van der Waals surface area contributed by atoms with Crippen LogP contribution in [-0.4, -0.2) is 57.8 Å². The first-order chi connectivity index (χ1) is 18.4. The second-order valence-electron chi connectivity index (χ2n) is 10.2. The average molecular weight is 539 g/mol. The third kappa shape index (κ3) is 10.2. The Kier molecular flexibility index (Phi) is 11.6. The lowest BCUT2D eigenvalue weighted by molar-refractivity contribution is -0.141. The summed E-state index contributed by atoms with van der Waals surface area (Å²) in [5.41, 5.74) is 0.199. The van der Waals surface area contributed by atoms with Crippen LogP contribution in [0.1, 0.15) is 64.1 Å². The summed E-state index contributed by atoms with van der Waals surface area (Å²) in [5.74, 6) is -1.13. The third-order valence-electron chi connectivity index (χ3n) is 5.74. The Morgan fingerprint density at radius 2 is 1.59 bits per heavy atom. The van der Waals surface area contributed by atoms with E-state index in [-0.39, 0.29) is 17.9 Å². The van der Waals surface area contributed by atoms with Crippen molar-refractivity contribution in [2.24, 2.45) is 0 Å². The molecule has 2 atom stereocenters. The van der Waals surface area contributed by atoms with Crippen molar-refractivity contribution in [3.8, 4) is 17.6 Å². The first-order valence-corrected chi connectivity index (χ1v) is 13.0. The lowest BCUT2D eigenvalue weighted by Crippen LogP contribution is -2.54. The standard InChI is InChI=1S/C29H38N4O6/c1-5-6-7-17-31-26(36)25(21-10-14-23(35)15-11-21)33(18-16-30)27(37)24(32-28(38)39-29(2,3)4)19-20-8-12-22(34)13-9-20/h8-15,24-25,34-35H,5-7,17-19H2,1-4H3,(H,31,36)(H,32,38). The average Bonchev–Trinajstić information content (AvgIpc) is 2.87. The highest BCUT2D eigenvalue weighted by atomic mass is 16.6. The summed E-state index contributed by atoms with van der Waals surface area (Å²) >= 11 is 0. The molecule has 2 aromatic carbocycles. The van der Waals surface area contributed by atoms with Gasteiger partial charge in [-0.25, -0.2) is 4.79 Å². The van der Waals surface area contributed by atoms with Gasteiger partial charge >= 0.3 is 6.09 Å². The lowest BCUT2D eigenvalue weighted by Gasteiger charge is -2.33. The first-order valence-electron chi connectivity index (χ1n) is 13.0. The van der Waals surface area contributed by atoms with Crippen LogP contribution < -0.4 is 10.6 Å². The van der Waals surface area contributed by atoms with Gasteiger partial charge in [-0.3, -0.25) is 9.59 Å². The van der Waals surface area contributed by atoms with Crippen LogP contribution in [-0.2, 0) is 20.7 Å². The van der Waals surface area contributed by atoms with Gasteiger partial charge in [-0.1, -0.05) is 44.0 Å². The number of nitrogens with zero attached hydrogens (tertiary/aromatic N) is 2. The van der Waals surface area contributed by atoms with Crippen LogP contribution in [0.2, 0.25) is 0 Å². The Balaban J connectivity index is 2.47. The topological polar surface area (TPSA) is 152 Å². The maximum atomic E-state index is 14.0. The molecule has 4 N–H and O–H groups in total. The summed E-state index contributed by atoms with van der Waals surface area (Å²) in [6.07, 6.45) is 1.81. The molecule has 0 radical (unpaired) electrons. The maximum Gasteiger partial charge on any atom is 0.408 e. The second-order valence-corrected chi connectivity index (χ2v) is 10.2. The smallest absolute Gasteiger partial charge is 0.408 e. The van der Waals surface area contributed by atoms with Crippen LogP contribution in [0.3, 0.4) is 0 Å². The van der Waals surface area contributed by atoms with Crippen LogP contribution in [0.4, 0.5) is 4.79 Å². The number of hydrogen-bond donors (Lipinski definition) is 4. The van der Waals surface area contributed by atoms with Crippen LogP contribution in [0.25, 0.3) is 0 Å². The van der Waals surface area contributed by atoms with Gasteiger partial charge in [0.25, 0.3) is 0 Å². The summed E-state index contributed by atoms with van der Waals surface area (Å²) in [6, 6.07) is 11.5. The van der Waals surface area contributed by atoms with Crippen LogP contribution in [0, 0.1) is 11.3 Å². The zero-order chi connectivity index (χ0) is 29.0. The number of unbranched alkanes of at least 4 members (excludes halogenated alkanes) is 2. The number of phenols is 2. The molecular weight excluding hydrogens is 500 g/mol. The van der Waals surface area contributed by atoms with Crippen molar-refractivity contribution in [1.29, 1.82) is 5.26 Å². The van der Waals surface area contributed by atoms with Gasteiger partial charge in [0.2, 0.25) is 11.8 Å². The van der Waals surface area contributed by atoms with Crippen molar-refractivity contribution < 1.29 is 29.3 Å². The molecule has 2 rings (SSSR count). The van der Waals surface area contributed by atoms with Crippen LogP contribution in [0.15, 0.2) is 48.5 Å². The molecule has 0 fully saturated rings. The number of nitriles is 1. The van der Waals surface area contributed by atoms with Gasteiger partial charge in [0.15, 0.2) is 0 Å². The summed E-state index contributed by atoms with van der Waals surface area (Å²) in [5, 5.41) is 34.5. The van der Waals surface area contributed by atoms with E-state index in [1.165, 1.54) is 36.4 Å². The monoisotopic (exact) mass is 538 g/mol. The van der Waals surface area contributed by atoms with Crippen molar-refractivity contribution in [2.45, 2.75) is 71.1 Å². The number of hydrogen-bond acceptors (Lipinski definition) is 7. The summed E-state index contributed by atoms with van der Waals surface area (Å²) in [6.45, 7) is 7.07. The molecule has 0 bridgehead atoms. The molecule has 10 nitrogen and oxygen atoms in total. The van der Waals surface area contributed by atoms with Crippen molar-refractivity contribution >= 4 is 17.9 Å². The summed E-state index contributed by atoms with van der Waals surface area (Å²) in [7, 11) is 0. The van der Waals surface area contributed by atoms with Gasteiger partial charge < -0.3 is 30.5 Å². The van der Waals surface area contributed by atoms with Gasteiger partial charge in [0.05, 0.1) is 6.07 Å². The third-order valence-corrected chi connectivity index (χ3v) is 5.74. The van der Waals surface area contributed by atoms with Gasteiger partial charge in [-0.15, -0.1) is 0 Å². The van der Waals surface area contributed by atoms with Crippen molar-refractivity contribution in [3.05, 3.63) is 59.7 Å². The predicted molar refractivity (Wildman–Crippen MR) is 146 cm³/mol. The highest BCUT2D eigenvalue weighted by molar-refractivity contribution is 5.92. The molecule has 3 amide bonds. The van der Waals surface area contributed by atoms with E-state index < -0.39 is 42.1 Å². The molecular formula is C29H38N4O6. The minimum absolute atomic E-state index is 0.0146. The lowest BCUT2D eigenvalue weighted by atomic mass is 10.00. The van der Waals surface area contributed by atoms with Gasteiger partial charge in [0.1, 0.15) is 35.7 Å². The fraction of sp³-hybridized carbons (Fsp3) is 0.448. The Labute approximate surface area is 229 Å². The van der Waals surface area contributed by atoms with E-state index in [2.05, 4.69) is 10.6 Å². The van der Waals surface area contributed by atoms with E-state index in [9.17, 15) is 29.9 Å². The Bertz CT molecular complexity index is 1140. The molecule has 10 heteroatoms. The van der Waals surface area contributed by atoms with E-state index in [4.69, 9.17) is 4.74 Å². The molecule has 0 aliphatic heterocycles. The molecule has 0 aliphatic carbocycles. The number of alkyl carbamates (subject to hydrolysis) is 1. The van der Waals surface area contributed by atoms with Gasteiger partial charge in [0, 0.05) is 13.0 Å². The number of amides is 3. The molecule has 39 heavy (non-hydrogen) atoms. The Hall–Kier alpha value is -4.26. The van der Waals surface area contributed by atoms with E-state index >= 15 is 0 Å². The number of aromatic hydroxyl groups is 2. The predicted octanol–water partition coefficient (Wildman–Crippen LogP) is 3.93.